The highest BCUT2D eigenvalue weighted by atomic mass is 35.5. The van der Waals surface area contributed by atoms with Crippen LogP contribution in [0.15, 0.2) is 44.8 Å². The van der Waals surface area contributed by atoms with E-state index in [9.17, 15) is 9.59 Å². The van der Waals surface area contributed by atoms with E-state index < -0.39 is 5.91 Å². The Balaban J connectivity index is 1.86. The minimum Gasteiger partial charge on any atom is -0.462 e. The molecule has 122 valence electrons. The lowest BCUT2D eigenvalue weighted by Crippen LogP contribution is -2.17. The number of amides is 1. The molecule has 0 bridgehead atoms. The first-order valence-electron chi connectivity index (χ1n) is 6.45. The summed E-state index contributed by atoms with van der Waals surface area (Å²) in [5.41, 5.74) is 2.33. The number of nitrogens with one attached hydrogen (secondary N) is 1. The number of hydrogen-bond donors (Lipinski definition) is 1. The minimum absolute atomic E-state index is 0.144. The van der Waals surface area contributed by atoms with Gasteiger partial charge in [-0.2, -0.15) is 5.10 Å². The number of nitrogens with zero attached hydrogens (tertiary/aromatic N) is 1. The molecule has 0 unspecified atom stereocenters. The smallest absolute Gasteiger partial charge is 0.281 e. The topological polar surface area (TPSA) is 71.7 Å². The van der Waals surface area contributed by atoms with Crippen LogP contribution in [-0.2, 0) is 0 Å². The van der Waals surface area contributed by atoms with Gasteiger partial charge in [0.1, 0.15) is 6.26 Å². The number of benzene rings is 1. The molecule has 3 rings (SSSR count). The lowest BCUT2D eigenvalue weighted by Gasteiger charge is -2.01. The second-order valence-corrected chi connectivity index (χ2v) is 7.15. The van der Waals surface area contributed by atoms with Crippen LogP contribution in [0.25, 0.3) is 11.0 Å². The Hall–Kier alpha value is -1.86. The van der Waals surface area contributed by atoms with Crippen molar-refractivity contribution in [3.8, 4) is 0 Å². The van der Waals surface area contributed by atoms with Gasteiger partial charge < -0.3 is 4.42 Å². The number of hydrazone groups is 1. The van der Waals surface area contributed by atoms with Crippen molar-refractivity contribution in [3.05, 3.63) is 65.6 Å². The molecule has 1 aromatic carbocycles. The summed E-state index contributed by atoms with van der Waals surface area (Å²) >= 11 is 18.8. The van der Waals surface area contributed by atoms with Crippen molar-refractivity contribution < 1.29 is 9.21 Å². The first kappa shape index (κ1) is 17.0. The molecule has 2 heterocycles. The zero-order valence-electron chi connectivity index (χ0n) is 11.7. The first-order chi connectivity index (χ1) is 11.5. The van der Waals surface area contributed by atoms with E-state index >= 15 is 0 Å². The van der Waals surface area contributed by atoms with E-state index in [0.29, 0.717) is 14.2 Å². The van der Waals surface area contributed by atoms with Gasteiger partial charge in [0.15, 0.2) is 5.58 Å². The van der Waals surface area contributed by atoms with Gasteiger partial charge in [-0.05, 0) is 24.3 Å². The largest absolute Gasteiger partial charge is 0.462 e. The van der Waals surface area contributed by atoms with Crippen LogP contribution in [-0.4, -0.2) is 12.1 Å². The second-order valence-electron chi connectivity index (χ2n) is 4.59. The van der Waals surface area contributed by atoms with Gasteiger partial charge in [0.25, 0.3) is 5.91 Å². The predicted octanol–water partition coefficient (Wildman–Crippen LogP) is 4.58. The third-order valence-electron chi connectivity index (χ3n) is 2.99. The molecule has 0 aliphatic heterocycles. The van der Waals surface area contributed by atoms with Crippen LogP contribution in [0.3, 0.4) is 0 Å². The number of carbonyl (C=O) groups excluding carboxylic acids is 1. The normalized spacial score (nSPS) is 11.3. The summed E-state index contributed by atoms with van der Waals surface area (Å²) < 4.78 is 5.84. The lowest BCUT2D eigenvalue weighted by atomic mass is 10.2. The molecule has 0 radical (unpaired) electrons. The van der Waals surface area contributed by atoms with E-state index in [4.69, 9.17) is 39.2 Å². The SMILES string of the molecule is O=C(NN=Cc1coc2c(Cl)cc(Cl)cc2c1=O)c1ccc(Cl)s1. The summed E-state index contributed by atoms with van der Waals surface area (Å²) in [5.74, 6) is -0.431. The molecule has 0 fully saturated rings. The minimum atomic E-state index is -0.431. The highest BCUT2D eigenvalue weighted by molar-refractivity contribution is 7.17. The van der Waals surface area contributed by atoms with E-state index in [2.05, 4.69) is 10.5 Å². The number of hydrogen-bond acceptors (Lipinski definition) is 5. The molecule has 24 heavy (non-hydrogen) atoms. The standard InChI is InChI=1S/C15H7Cl3N2O3S/c16-8-3-9-13(21)7(6-23-14(9)10(17)4-8)5-19-20-15(22)11-1-2-12(18)24-11/h1-6H,(H,20,22). The van der Waals surface area contributed by atoms with Gasteiger partial charge in [0.2, 0.25) is 5.43 Å². The number of thiophene rings is 1. The maximum Gasteiger partial charge on any atom is 0.281 e. The molecule has 0 spiro atoms. The van der Waals surface area contributed by atoms with Crippen molar-refractivity contribution in [2.45, 2.75) is 0 Å². The highest BCUT2D eigenvalue weighted by Crippen LogP contribution is 2.26. The van der Waals surface area contributed by atoms with Crippen LogP contribution < -0.4 is 10.9 Å². The molecule has 3 aromatic rings. The quantitative estimate of drug-likeness (QED) is 0.516. The Labute approximate surface area is 154 Å². The Bertz CT molecular complexity index is 1030. The van der Waals surface area contributed by atoms with E-state index in [1.54, 1.807) is 12.1 Å². The monoisotopic (exact) mass is 400 g/mol. The molecule has 0 aliphatic rings. The summed E-state index contributed by atoms with van der Waals surface area (Å²) in [6, 6.07) is 6.12. The van der Waals surface area contributed by atoms with Gasteiger partial charge in [0, 0.05) is 5.02 Å². The third kappa shape index (κ3) is 3.47. The van der Waals surface area contributed by atoms with E-state index in [-0.39, 0.29) is 27.0 Å². The van der Waals surface area contributed by atoms with Crippen molar-refractivity contribution in [3.63, 3.8) is 0 Å². The van der Waals surface area contributed by atoms with Crippen molar-refractivity contribution in [2.24, 2.45) is 5.10 Å². The molecule has 0 atom stereocenters. The fourth-order valence-corrected chi connectivity index (χ4v) is 3.39. The Morgan fingerprint density at radius 1 is 1.25 bits per heavy atom. The van der Waals surface area contributed by atoms with Crippen LogP contribution in [0.2, 0.25) is 14.4 Å². The average Bonchev–Trinajstić information content (AvgIpc) is 2.96. The van der Waals surface area contributed by atoms with E-state index in [1.165, 1.54) is 24.6 Å². The third-order valence-corrected chi connectivity index (χ3v) is 4.71. The number of rotatable bonds is 3. The summed E-state index contributed by atoms with van der Waals surface area (Å²) in [7, 11) is 0. The molecule has 0 saturated heterocycles. The summed E-state index contributed by atoms with van der Waals surface area (Å²) in [6.45, 7) is 0. The van der Waals surface area contributed by atoms with Crippen LogP contribution in [0.1, 0.15) is 15.2 Å². The van der Waals surface area contributed by atoms with Crippen LogP contribution in [0.4, 0.5) is 0 Å². The number of fused-ring (bicyclic) bond motifs is 1. The van der Waals surface area contributed by atoms with Gasteiger partial charge in [0.05, 0.1) is 31.4 Å². The number of carbonyl (C=O) groups is 1. The van der Waals surface area contributed by atoms with Crippen molar-refractivity contribution in [1.29, 1.82) is 0 Å². The molecule has 9 heteroatoms. The molecule has 0 saturated carbocycles. The predicted molar refractivity (Wildman–Crippen MR) is 96.9 cm³/mol. The molecule has 5 nitrogen and oxygen atoms in total. The molecule has 2 aromatic heterocycles. The Morgan fingerprint density at radius 3 is 2.75 bits per heavy atom. The van der Waals surface area contributed by atoms with Crippen molar-refractivity contribution in [2.75, 3.05) is 0 Å². The lowest BCUT2D eigenvalue weighted by molar-refractivity contribution is 0.0959. The average molecular weight is 402 g/mol. The maximum absolute atomic E-state index is 12.4. The van der Waals surface area contributed by atoms with Crippen molar-refractivity contribution in [1.82, 2.24) is 5.43 Å². The summed E-state index contributed by atoms with van der Waals surface area (Å²) in [4.78, 5) is 24.6. The fourth-order valence-electron chi connectivity index (χ4n) is 1.92. The van der Waals surface area contributed by atoms with Gasteiger partial charge in [-0.25, -0.2) is 5.43 Å². The first-order valence-corrected chi connectivity index (χ1v) is 8.40. The number of halogens is 3. The van der Waals surface area contributed by atoms with Crippen LogP contribution >= 0.6 is 46.1 Å². The zero-order valence-corrected chi connectivity index (χ0v) is 14.8. The Morgan fingerprint density at radius 2 is 2.04 bits per heavy atom. The summed E-state index contributed by atoms with van der Waals surface area (Å²) in [5, 5.41) is 4.54. The molecular formula is C15H7Cl3N2O3S. The van der Waals surface area contributed by atoms with E-state index in [0.717, 1.165) is 11.3 Å². The van der Waals surface area contributed by atoms with Crippen molar-refractivity contribution >= 4 is 69.2 Å². The van der Waals surface area contributed by atoms with Gasteiger partial charge in [-0.1, -0.05) is 34.8 Å². The highest BCUT2D eigenvalue weighted by Gasteiger charge is 2.11. The fraction of sp³-hybridized carbons (Fsp3) is 0. The Kier molecular flexibility index (Phi) is 4.91. The zero-order chi connectivity index (χ0) is 17.3. The maximum atomic E-state index is 12.4. The van der Waals surface area contributed by atoms with Crippen LogP contribution in [0.5, 0.6) is 0 Å². The van der Waals surface area contributed by atoms with Gasteiger partial charge in [-0.3, -0.25) is 9.59 Å². The molecule has 0 aliphatic carbocycles. The van der Waals surface area contributed by atoms with Crippen LogP contribution in [0, 0.1) is 0 Å². The molecular weight excluding hydrogens is 395 g/mol. The van der Waals surface area contributed by atoms with E-state index in [1.807, 2.05) is 0 Å². The van der Waals surface area contributed by atoms with Gasteiger partial charge in [-0.15, -0.1) is 11.3 Å². The second kappa shape index (κ2) is 6.94. The van der Waals surface area contributed by atoms with Gasteiger partial charge >= 0.3 is 0 Å². The molecule has 1 N–H and O–H groups in total. The molecule has 1 amide bonds. The summed E-state index contributed by atoms with van der Waals surface area (Å²) in [6.07, 6.45) is 2.40.